The fourth-order valence-corrected chi connectivity index (χ4v) is 3.49. The van der Waals surface area contributed by atoms with Gasteiger partial charge in [-0.05, 0) is 33.1 Å². The first-order valence-electron chi connectivity index (χ1n) is 7.65. The van der Waals surface area contributed by atoms with Crippen LogP contribution in [0.1, 0.15) is 39.2 Å². The maximum Gasteiger partial charge on any atom is 0.514 e. The Morgan fingerprint density at radius 3 is 2.68 bits per heavy atom. The first-order chi connectivity index (χ1) is 11.6. The Labute approximate surface area is 143 Å². The molecule has 1 fully saturated rings. The Morgan fingerprint density at radius 2 is 2.08 bits per heavy atom. The highest BCUT2D eigenvalue weighted by molar-refractivity contribution is 7.54. The van der Waals surface area contributed by atoms with Crippen LogP contribution in [0, 0.1) is 0 Å². The third-order valence-electron chi connectivity index (χ3n) is 4.10. The summed E-state index contributed by atoms with van der Waals surface area (Å²) in [6, 6.07) is 1.05. The predicted molar refractivity (Wildman–Crippen MR) is 86.5 cm³/mol. The van der Waals surface area contributed by atoms with Gasteiger partial charge in [0.05, 0.1) is 13.2 Å². The number of ether oxygens (including phenoxy) is 2. The van der Waals surface area contributed by atoms with Crippen LogP contribution in [0.5, 0.6) is 0 Å². The molecule has 1 unspecified atom stereocenters. The van der Waals surface area contributed by atoms with Crippen LogP contribution in [0.15, 0.2) is 21.9 Å². The molecule has 0 aliphatic heterocycles. The van der Waals surface area contributed by atoms with Crippen molar-refractivity contribution in [2.45, 2.75) is 50.6 Å². The number of aromatic nitrogens is 2. The summed E-state index contributed by atoms with van der Waals surface area (Å²) < 4.78 is 28.0. The molecule has 2 N–H and O–H groups in total. The van der Waals surface area contributed by atoms with Crippen LogP contribution in [0.4, 0.5) is 4.79 Å². The molecule has 0 amide bonds. The third kappa shape index (κ3) is 4.39. The zero-order valence-electron chi connectivity index (χ0n) is 14.1. The number of methoxy groups -OCH3 is 1. The fourth-order valence-electron chi connectivity index (χ4n) is 2.71. The Balaban J connectivity index is 2.06. The van der Waals surface area contributed by atoms with Crippen LogP contribution in [-0.2, 0) is 18.6 Å². The van der Waals surface area contributed by atoms with Gasteiger partial charge in [-0.2, -0.15) is 0 Å². The topological polar surface area (TPSA) is 137 Å². The Morgan fingerprint density at radius 1 is 1.40 bits per heavy atom. The lowest BCUT2D eigenvalue weighted by Crippen LogP contribution is -2.33. The van der Waals surface area contributed by atoms with E-state index in [1.807, 2.05) is 0 Å². The number of carbonyl (C=O) groups excluding carboxylic acids is 1. The number of nitrogens with one attached hydrogen (secondary N) is 1. The van der Waals surface area contributed by atoms with Crippen molar-refractivity contribution in [2.24, 2.45) is 0 Å². The van der Waals surface area contributed by atoms with Crippen molar-refractivity contribution in [2.75, 3.05) is 7.11 Å². The summed E-state index contributed by atoms with van der Waals surface area (Å²) >= 11 is 0. The highest BCUT2D eigenvalue weighted by Gasteiger charge is 2.47. The van der Waals surface area contributed by atoms with Crippen molar-refractivity contribution >= 4 is 13.8 Å². The predicted octanol–water partition coefficient (Wildman–Crippen LogP) is 1.35. The molecule has 11 heteroatoms. The van der Waals surface area contributed by atoms with Gasteiger partial charge in [0, 0.05) is 18.3 Å². The van der Waals surface area contributed by atoms with E-state index < -0.39 is 36.4 Å². The highest BCUT2D eigenvalue weighted by Crippen LogP contribution is 2.57. The lowest BCUT2D eigenvalue weighted by atomic mass is 10.2. The molecule has 1 aliphatic carbocycles. The Bertz CT molecular complexity index is 799. The first kappa shape index (κ1) is 19.4. The van der Waals surface area contributed by atoms with E-state index in [1.54, 1.807) is 0 Å². The smallest absolute Gasteiger partial charge is 0.437 e. The molecular weight excluding hydrogens is 355 g/mol. The van der Waals surface area contributed by atoms with Gasteiger partial charge < -0.3 is 18.9 Å². The second-order valence-electron chi connectivity index (χ2n) is 6.24. The zero-order valence-corrected chi connectivity index (χ0v) is 15.0. The molecule has 0 spiro atoms. The van der Waals surface area contributed by atoms with Crippen molar-refractivity contribution in [1.29, 1.82) is 0 Å². The minimum absolute atomic E-state index is 0.204. The number of hydrogen-bond acceptors (Lipinski definition) is 7. The van der Waals surface area contributed by atoms with Gasteiger partial charge in [-0.25, -0.2) is 14.2 Å². The number of H-pyrrole nitrogens is 1. The van der Waals surface area contributed by atoms with Gasteiger partial charge >= 0.3 is 19.4 Å². The van der Waals surface area contributed by atoms with E-state index in [1.165, 1.54) is 30.7 Å². The van der Waals surface area contributed by atoms with E-state index in [2.05, 4.69) is 14.2 Å². The number of carbonyl (C=O) groups is 1. The van der Waals surface area contributed by atoms with E-state index in [0.29, 0.717) is 19.3 Å². The fraction of sp³-hybridized carbons (Fsp3) is 0.643. The van der Waals surface area contributed by atoms with Gasteiger partial charge in [-0.15, -0.1) is 0 Å². The lowest BCUT2D eigenvalue weighted by Gasteiger charge is -2.31. The molecule has 0 saturated heterocycles. The largest absolute Gasteiger partial charge is 0.514 e. The molecule has 0 radical (unpaired) electrons. The van der Waals surface area contributed by atoms with E-state index in [9.17, 15) is 23.8 Å². The summed E-state index contributed by atoms with van der Waals surface area (Å²) in [5, 5.41) is -1.64. The molecule has 1 heterocycles. The Hall–Kier alpha value is -1.90. The number of rotatable bonds is 5. The molecule has 0 bridgehead atoms. The molecule has 10 nitrogen and oxygen atoms in total. The minimum Gasteiger partial charge on any atom is -0.437 e. The van der Waals surface area contributed by atoms with Crippen molar-refractivity contribution in [1.82, 2.24) is 9.55 Å². The molecule has 25 heavy (non-hydrogen) atoms. The van der Waals surface area contributed by atoms with Crippen molar-refractivity contribution in [3.05, 3.63) is 33.1 Å². The minimum atomic E-state index is -4.44. The van der Waals surface area contributed by atoms with Crippen LogP contribution >= 0.6 is 7.60 Å². The van der Waals surface area contributed by atoms with Gasteiger partial charge in [0.1, 0.15) is 0 Å². The molecule has 0 aromatic carbocycles. The average molecular weight is 376 g/mol. The molecule has 3 atom stereocenters. The third-order valence-corrected chi connectivity index (χ3v) is 5.96. The number of hydrogen-bond donors (Lipinski definition) is 2. The Kier molecular flexibility index (Phi) is 5.55. The molecule has 140 valence electrons. The molecule has 2 rings (SSSR count). The van der Waals surface area contributed by atoms with Crippen LogP contribution < -0.4 is 11.2 Å². The summed E-state index contributed by atoms with van der Waals surface area (Å²) in [5.41, 5.74) is -0.992. The van der Waals surface area contributed by atoms with E-state index >= 15 is 0 Å². The summed E-state index contributed by atoms with van der Waals surface area (Å²) in [7, 11) is -3.41. The highest BCUT2D eigenvalue weighted by atomic mass is 31.2. The molecular formula is C14H21N2O8P. The summed E-state index contributed by atoms with van der Waals surface area (Å²) in [6.07, 6.45) is 1.27. The molecule has 1 saturated carbocycles. The van der Waals surface area contributed by atoms with Crippen molar-refractivity contribution in [3.8, 4) is 0 Å². The second kappa shape index (κ2) is 7.15. The summed E-state index contributed by atoms with van der Waals surface area (Å²) in [5.74, 6) is 0. The quantitative estimate of drug-likeness (QED) is 0.580. The van der Waals surface area contributed by atoms with E-state index in [-0.39, 0.29) is 6.04 Å². The van der Waals surface area contributed by atoms with Crippen molar-refractivity contribution < 1.29 is 28.3 Å². The van der Waals surface area contributed by atoms with Crippen LogP contribution in [-0.4, -0.2) is 39.2 Å². The molecule has 1 aromatic heterocycles. The maximum absolute atomic E-state index is 12.2. The number of aromatic amines is 1. The van der Waals surface area contributed by atoms with Gasteiger partial charge in [-0.1, -0.05) is 0 Å². The van der Waals surface area contributed by atoms with Gasteiger partial charge in [0.15, 0.2) is 5.34 Å². The van der Waals surface area contributed by atoms with Gasteiger partial charge in [-0.3, -0.25) is 14.3 Å². The van der Waals surface area contributed by atoms with Crippen LogP contribution in [0.3, 0.4) is 0 Å². The average Bonchev–Trinajstić information content (AvgIpc) is 2.93. The maximum atomic E-state index is 12.2. The van der Waals surface area contributed by atoms with Crippen LogP contribution in [0.25, 0.3) is 0 Å². The lowest BCUT2D eigenvalue weighted by molar-refractivity contribution is -0.0342. The van der Waals surface area contributed by atoms with Crippen LogP contribution in [0.2, 0.25) is 0 Å². The standard InChI is InChI=1S/C14H21N2O8P/c1-14(2,25(20,21)24-13(19)22-3)23-10-5-4-9(8-10)16-7-6-11(17)15-12(16)18/h6-7,9-10H,4-5,8H2,1-3H3,(H,20,21)(H,15,17,18)/t9-,10+/m1/s1. The molecule has 1 aromatic rings. The monoisotopic (exact) mass is 376 g/mol. The summed E-state index contributed by atoms with van der Waals surface area (Å²) in [4.78, 5) is 46.2. The molecule has 1 aliphatic rings. The second-order valence-corrected chi connectivity index (χ2v) is 8.54. The first-order valence-corrected chi connectivity index (χ1v) is 9.23. The summed E-state index contributed by atoms with van der Waals surface area (Å²) in [6.45, 7) is 2.69. The normalized spacial score (nSPS) is 23.0. The van der Waals surface area contributed by atoms with E-state index in [4.69, 9.17) is 4.74 Å². The van der Waals surface area contributed by atoms with Crippen molar-refractivity contribution in [3.63, 3.8) is 0 Å². The number of nitrogens with zero attached hydrogens (tertiary/aromatic N) is 1. The van der Waals surface area contributed by atoms with Gasteiger partial charge in [0.25, 0.3) is 5.56 Å². The SMILES string of the molecule is COC(=O)OP(=O)(O)C(C)(C)O[C@H]1CC[C@@H](n2ccc(=O)[nH]c2=O)C1. The van der Waals surface area contributed by atoms with Gasteiger partial charge in [0.2, 0.25) is 0 Å². The zero-order chi connectivity index (χ0) is 18.8. The van der Waals surface area contributed by atoms with E-state index in [0.717, 1.165) is 7.11 Å².